The van der Waals surface area contributed by atoms with Crippen LogP contribution in [0.1, 0.15) is 30.4 Å². The van der Waals surface area contributed by atoms with Crippen molar-refractivity contribution in [2.24, 2.45) is 0 Å². The number of benzene rings is 1. The number of carbonyl (C=O) groups excluding carboxylic acids is 1. The van der Waals surface area contributed by atoms with Gasteiger partial charge >= 0.3 is 0 Å². The van der Waals surface area contributed by atoms with Crippen LogP contribution in [0.4, 0.5) is 0 Å². The minimum absolute atomic E-state index is 0.258. The van der Waals surface area contributed by atoms with Crippen LogP contribution in [-0.2, 0) is 20.7 Å². The maximum Gasteiger partial charge on any atom is 0.227 e. The lowest BCUT2D eigenvalue weighted by Crippen LogP contribution is -2.46. The average Bonchev–Trinajstić information content (AvgIpc) is 2.68. The van der Waals surface area contributed by atoms with Crippen LogP contribution in [-0.4, -0.2) is 74.4 Å². The van der Waals surface area contributed by atoms with Crippen LogP contribution < -0.4 is 0 Å². The molecule has 26 heavy (non-hydrogen) atoms. The normalized spacial score (nSPS) is 19.4. The lowest BCUT2D eigenvalue weighted by molar-refractivity contribution is -0.134. The Labute approximate surface area is 157 Å². The highest BCUT2D eigenvalue weighted by Gasteiger charge is 2.26. The highest BCUT2D eigenvalue weighted by Crippen LogP contribution is 2.18. The van der Waals surface area contributed by atoms with Gasteiger partial charge in [0.05, 0.1) is 19.6 Å². The van der Waals surface area contributed by atoms with Crippen LogP contribution in [0.3, 0.4) is 0 Å². The third kappa shape index (κ3) is 5.53. The first-order chi connectivity index (χ1) is 12.7. The van der Waals surface area contributed by atoms with E-state index in [2.05, 4.69) is 28.9 Å². The van der Waals surface area contributed by atoms with Gasteiger partial charge in [-0.25, -0.2) is 0 Å². The summed E-state index contributed by atoms with van der Waals surface area (Å²) in [4.78, 5) is 17.7. The van der Waals surface area contributed by atoms with E-state index in [0.29, 0.717) is 12.5 Å². The van der Waals surface area contributed by atoms with Crippen molar-refractivity contribution in [1.29, 1.82) is 0 Å². The molecule has 1 aromatic carbocycles. The van der Waals surface area contributed by atoms with Crippen LogP contribution in [0.15, 0.2) is 24.3 Å². The van der Waals surface area contributed by atoms with Gasteiger partial charge in [-0.15, -0.1) is 0 Å². The predicted molar refractivity (Wildman–Crippen MR) is 102 cm³/mol. The third-order valence-corrected chi connectivity index (χ3v) is 5.53. The maximum absolute atomic E-state index is 13.1. The highest BCUT2D eigenvalue weighted by atomic mass is 16.5. The Morgan fingerprint density at radius 3 is 2.54 bits per heavy atom. The second-order valence-electron chi connectivity index (χ2n) is 7.34. The molecule has 0 unspecified atom stereocenters. The molecule has 0 N–H and O–H groups in total. The molecule has 5 heteroatoms. The van der Waals surface area contributed by atoms with Crippen LogP contribution in [0, 0.1) is 6.92 Å². The summed E-state index contributed by atoms with van der Waals surface area (Å²) in [6.07, 6.45) is 3.44. The molecule has 0 aliphatic carbocycles. The number of hydrogen-bond acceptors (Lipinski definition) is 4. The van der Waals surface area contributed by atoms with E-state index >= 15 is 0 Å². The Bertz CT molecular complexity index is 566. The Morgan fingerprint density at radius 1 is 1.12 bits per heavy atom. The molecule has 2 aliphatic heterocycles. The Morgan fingerprint density at radius 2 is 1.81 bits per heavy atom. The van der Waals surface area contributed by atoms with Crippen molar-refractivity contribution in [2.75, 3.05) is 52.6 Å². The lowest BCUT2D eigenvalue weighted by atomic mass is 10.0. The van der Waals surface area contributed by atoms with Crippen LogP contribution >= 0.6 is 0 Å². The fourth-order valence-electron chi connectivity index (χ4n) is 3.87. The molecule has 0 aromatic heterocycles. The fraction of sp³-hybridized carbons (Fsp3) is 0.667. The molecule has 3 rings (SSSR count). The first-order valence-corrected chi connectivity index (χ1v) is 9.96. The smallest absolute Gasteiger partial charge is 0.227 e. The zero-order chi connectivity index (χ0) is 18.2. The van der Waals surface area contributed by atoms with E-state index in [-0.39, 0.29) is 5.91 Å². The van der Waals surface area contributed by atoms with Gasteiger partial charge in [0, 0.05) is 45.4 Å². The second-order valence-corrected chi connectivity index (χ2v) is 7.34. The summed E-state index contributed by atoms with van der Waals surface area (Å²) in [7, 11) is 0. The molecule has 1 amide bonds. The standard InChI is InChI=1S/C21H32N2O3/c1-18-5-2-3-6-19(18)17-21(24)23(20-7-13-25-14-8-20)10-4-9-22-11-15-26-16-12-22/h2-3,5-6,20H,4,7-17H2,1H3. The SMILES string of the molecule is Cc1ccccc1CC(=O)N(CCCN1CCOCC1)C1CCOCC1. The predicted octanol–water partition coefficient (Wildman–Crippen LogP) is 2.27. The van der Waals surface area contributed by atoms with Crippen molar-refractivity contribution >= 4 is 5.91 Å². The van der Waals surface area contributed by atoms with Crippen molar-refractivity contribution in [3.05, 3.63) is 35.4 Å². The molecule has 144 valence electrons. The topological polar surface area (TPSA) is 42.0 Å². The third-order valence-electron chi connectivity index (χ3n) is 5.53. The van der Waals surface area contributed by atoms with Crippen molar-refractivity contribution in [2.45, 2.75) is 38.6 Å². The minimum atomic E-state index is 0.258. The molecule has 5 nitrogen and oxygen atoms in total. The second kappa shape index (κ2) is 10.0. The van der Waals surface area contributed by atoms with Crippen molar-refractivity contribution < 1.29 is 14.3 Å². The van der Waals surface area contributed by atoms with Gasteiger partial charge < -0.3 is 14.4 Å². The molecular weight excluding hydrogens is 328 g/mol. The summed E-state index contributed by atoms with van der Waals surface area (Å²) in [5, 5.41) is 0. The molecule has 0 bridgehead atoms. The van der Waals surface area contributed by atoms with Gasteiger partial charge in [-0.05, 0) is 37.3 Å². The summed E-state index contributed by atoms with van der Waals surface area (Å²) in [5.74, 6) is 0.258. The van der Waals surface area contributed by atoms with Gasteiger partial charge in [0.1, 0.15) is 0 Å². The molecule has 2 saturated heterocycles. The van der Waals surface area contributed by atoms with Crippen LogP contribution in [0.25, 0.3) is 0 Å². The van der Waals surface area contributed by atoms with E-state index in [1.807, 2.05) is 12.1 Å². The number of ether oxygens (including phenoxy) is 2. The number of amides is 1. The quantitative estimate of drug-likeness (QED) is 0.748. The summed E-state index contributed by atoms with van der Waals surface area (Å²) in [6.45, 7) is 9.17. The molecule has 0 saturated carbocycles. The van der Waals surface area contributed by atoms with Gasteiger partial charge in [0.25, 0.3) is 0 Å². The van der Waals surface area contributed by atoms with Gasteiger partial charge in [-0.1, -0.05) is 24.3 Å². The summed E-state index contributed by atoms with van der Waals surface area (Å²) < 4.78 is 10.9. The molecule has 0 radical (unpaired) electrons. The molecule has 2 fully saturated rings. The van der Waals surface area contributed by atoms with Gasteiger partial charge in [-0.2, -0.15) is 0 Å². The average molecular weight is 360 g/mol. The van der Waals surface area contributed by atoms with Crippen molar-refractivity contribution in [1.82, 2.24) is 9.80 Å². The minimum Gasteiger partial charge on any atom is -0.381 e. The number of carbonyl (C=O) groups is 1. The van der Waals surface area contributed by atoms with Crippen LogP contribution in [0.5, 0.6) is 0 Å². The van der Waals surface area contributed by atoms with E-state index in [0.717, 1.165) is 77.4 Å². The monoisotopic (exact) mass is 360 g/mol. The fourth-order valence-corrected chi connectivity index (χ4v) is 3.87. The van der Waals surface area contributed by atoms with E-state index in [9.17, 15) is 4.79 Å². The number of morpholine rings is 1. The first kappa shape index (κ1) is 19.3. The molecule has 2 aliphatic rings. The Hall–Kier alpha value is -1.43. The van der Waals surface area contributed by atoms with Crippen LogP contribution in [0.2, 0.25) is 0 Å². The maximum atomic E-state index is 13.1. The summed E-state index contributed by atoms with van der Waals surface area (Å²) >= 11 is 0. The molecule has 1 aromatic rings. The van der Waals surface area contributed by atoms with Gasteiger partial charge in [0.2, 0.25) is 5.91 Å². The zero-order valence-electron chi connectivity index (χ0n) is 16.0. The van der Waals surface area contributed by atoms with Crippen molar-refractivity contribution in [3.8, 4) is 0 Å². The molecule has 0 atom stereocenters. The highest BCUT2D eigenvalue weighted by molar-refractivity contribution is 5.79. The first-order valence-electron chi connectivity index (χ1n) is 9.96. The number of aryl methyl sites for hydroxylation is 1. The lowest BCUT2D eigenvalue weighted by Gasteiger charge is -2.35. The van der Waals surface area contributed by atoms with E-state index in [4.69, 9.17) is 9.47 Å². The summed E-state index contributed by atoms with van der Waals surface area (Å²) in [6, 6.07) is 8.53. The molecular formula is C21H32N2O3. The Kier molecular flexibility index (Phi) is 7.47. The van der Waals surface area contributed by atoms with E-state index < -0.39 is 0 Å². The largest absolute Gasteiger partial charge is 0.381 e. The zero-order valence-corrected chi connectivity index (χ0v) is 16.0. The van der Waals surface area contributed by atoms with Crippen molar-refractivity contribution in [3.63, 3.8) is 0 Å². The van der Waals surface area contributed by atoms with E-state index in [1.165, 1.54) is 5.56 Å². The molecule has 0 spiro atoms. The number of nitrogens with zero attached hydrogens (tertiary/aromatic N) is 2. The van der Waals surface area contributed by atoms with Gasteiger partial charge in [-0.3, -0.25) is 9.69 Å². The van der Waals surface area contributed by atoms with Gasteiger partial charge in [0.15, 0.2) is 0 Å². The number of hydrogen-bond donors (Lipinski definition) is 0. The number of rotatable bonds is 7. The summed E-state index contributed by atoms with van der Waals surface area (Å²) in [5.41, 5.74) is 2.34. The molecule has 2 heterocycles. The Balaban J connectivity index is 1.58. The van der Waals surface area contributed by atoms with E-state index in [1.54, 1.807) is 0 Å².